The molecule has 8 nitrogen and oxygen atoms in total. The van der Waals surface area contributed by atoms with Crippen LogP contribution in [-0.2, 0) is 6.54 Å². The van der Waals surface area contributed by atoms with E-state index in [-0.39, 0.29) is 12.2 Å². The second kappa shape index (κ2) is 7.93. The number of aromatic carboxylic acids is 1. The van der Waals surface area contributed by atoms with Crippen LogP contribution in [0, 0.1) is 0 Å². The van der Waals surface area contributed by atoms with E-state index in [1.807, 2.05) is 60.7 Å². The molecule has 0 aliphatic carbocycles. The highest BCUT2D eigenvalue weighted by Gasteiger charge is 2.21. The molecule has 2 aromatic carbocycles. The number of carboxylic acid groups (broad SMARTS) is 1. The van der Waals surface area contributed by atoms with Crippen LogP contribution in [0.5, 0.6) is 0 Å². The van der Waals surface area contributed by atoms with Crippen molar-refractivity contribution in [3.8, 4) is 22.7 Å². The summed E-state index contributed by atoms with van der Waals surface area (Å²) in [4.78, 5) is 25.7. The maximum absolute atomic E-state index is 12.2. The van der Waals surface area contributed by atoms with Gasteiger partial charge in [0.1, 0.15) is 5.69 Å². The zero-order chi connectivity index (χ0) is 23.1. The first-order chi connectivity index (χ1) is 16.7. The molecular formula is C26H17N5O3. The number of fused-ring (bicyclic) bond motifs is 2. The minimum Gasteiger partial charge on any atom is -0.477 e. The Labute approximate surface area is 193 Å². The van der Waals surface area contributed by atoms with Crippen LogP contribution in [0.1, 0.15) is 16.3 Å². The number of nitrogens with zero attached hydrogens (tertiary/aromatic N) is 5. The molecule has 164 valence electrons. The lowest BCUT2D eigenvalue weighted by atomic mass is 10.0. The van der Waals surface area contributed by atoms with Gasteiger partial charge in [-0.25, -0.2) is 4.79 Å². The molecule has 6 aromatic rings. The molecule has 1 N–H and O–H groups in total. The van der Waals surface area contributed by atoms with E-state index in [0.717, 1.165) is 27.4 Å². The topological polar surface area (TPSA) is 107 Å². The number of carboxylic acids is 1. The monoisotopic (exact) mass is 447 g/mol. The summed E-state index contributed by atoms with van der Waals surface area (Å²) in [5.74, 6) is -0.283. The SMILES string of the molecule is O=C(O)c1cc2c(-c3ccnc4ccccc34)nccc2n1Cc1noc(-c2ccccc2)n1. The minimum atomic E-state index is -1.05. The van der Waals surface area contributed by atoms with Crippen LogP contribution in [0.4, 0.5) is 0 Å². The van der Waals surface area contributed by atoms with E-state index in [2.05, 4.69) is 20.1 Å². The maximum atomic E-state index is 12.2. The molecule has 8 heteroatoms. The molecule has 0 saturated carbocycles. The van der Waals surface area contributed by atoms with Crippen molar-refractivity contribution in [2.45, 2.75) is 6.54 Å². The van der Waals surface area contributed by atoms with Crippen molar-refractivity contribution in [2.75, 3.05) is 0 Å². The van der Waals surface area contributed by atoms with Crippen molar-refractivity contribution >= 4 is 27.8 Å². The van der Waals surface area contributed by atoms with E-state index < -0.39 is 5.97 Å². The van der Waals surface area contributed by atoms with E-state index in [1.165, 1.54) is 0 Å². The Hall–Kier alpha value is -4.85. The molecule has 0 bridgehead atoms. The van der Waals surface area contributed by atoms with Crippen molar-refractivity contribution < 1.29 is 14.4 Å². The molecule has 0 spiro atoms. The summed E-state index contributed by atoms with van der Waals surface area (Å²) >= 11 is 0. The Morgan fingerprint density at radius 2 is 1.71 bits per heavy atom. The normalized spacial score (nSPS) is 11.3. The first-order valence-electron chi connectivity index (χ1n) is 10.6. The summed E-state index contributed by atoms with van der Waals surface area (Å²) in [6.45, 7) is 0.141. The number of hydrogen-bond donors (Lipinski definition) is 1. The molecule has 0 radical (unpaired) electrons. The van der Waals surface area contributed by atoms with Crippen LogP contribution in [-0.4, -0.2) is 35.8 Å². The van der Waals surface area contributed by atoms with E-state index in [4.69, 9.17) is 4.52 Å². The molecule has 0 atom stereocenters. The standard InChI is InChI=1S/C26H17N5O3/c32-26(33)22-14-19-21(31(22)15-23-29-25(34-30-23)16-6-2-1-3-7-16)11-13-28-24(19)18-10-12-27-20-9-5-4-8-17(18)20/h1-14H,15H2,(H,32,33). The van der Waals surface area contributed by atoms with Crippen LogP contribution in [0.2, 0.25) is 0 Å². The molecule has 0 unspecified atom stereocenters. The number of aromatic nitrogens is 5. The molecule has 0 aliphatic rings. The first kappa shape index (κ1) is 19.8. The van der Waals surface area contributed by atoms with E-state index in [9.17, 15) is 9.90 Å². The zero-order valence-corrected chi connectivity index (χ0v) is 17.8. The van der Waals surface area contributed by atoms with Crippen LogP contribution in [0.25, 0.3) is 44.5 Å². The van der Waals surface area contributed by atoms with Gasteiger partial charge in [0, 0.05) is 34.3 Å². The second-order valence-corrected chi connectivity index (χ2v) is 7.77. The van der Waals surface area contributed by atoms with Gasteiger partial charge in [0.15, 0.2) is 5.82 Å². The highest BCUT2D eigenvalue weighted by atomic mass is 16.5. The van der Waals surface area contributed by atoms with Crippen LogP contribution in [0.15, 0.2) is 89.7 Å². The summed E-state index contributed by atoms with van der Waals surface area (Å²) in [6.07, 6.45) is 3.42. The molecule has 0 saturated heterocycles. The van der Waals surface area contributed by atoms with Crippen LogP contribution >= 0.6 is 0 Å². The molecular weight excluding hydrogens is 430 g/mol. The highest BCUT2D eigenvalue weighted by molar-refractivity contribution is 6.05. The van der Waals surface area contributed by atoms with E-state index >= 15 is 0 Å². The Kier molecular flexibility index (Phi) is 4.62. The molecule has 0 amide bonds. The highest BCUT2D eigenvalue weighted by Crippen LogP contribution is 2.33. The van der Waals surface area contributed by atoms with E-state index in [0.29, 0.717) is 22.9 Å². The zero-order valence-electron chi connectivity index (χ0n) is 17.8. The maximum Gasteiger partial charge on any atom is 0.352 e. The van der Waals surface area contributed by atoms with Gasteiger partial charge in [-0.3, -0.25) is 9.97 Å². The smallest absolute Gasteiger partial charge is 0.352 e. The summed E-state index contributed by atoms with van der Waals surface area (Å²) in [5, 5.41) is 15.7. The Balaban J connectivity index is 1.49. The first-order valence-corrected chi connectivity index (χ1v) is 10.6. The van der Waals surface area contributed by atoms with Crippen molar-refractivity contribution in [2.24, 2.45) is 0 Å². The molecule has 34 heavy (non-hydrogen) atoms. The largest absolute Gasteiger partial charge is 0.477 e. The quantitative estimate of drug-likeness (QED) is 0.394. The van der Waals surface area contributed by atoms with Gasteiger partial charge in [-0.1, -0.05) is 41.6 Å². The molecule has 4 heterocycles. The van der Waals surface area contributed by atoms with Crippen LogP contribution < -0.4 is 0 Å². The number of pyridine rings is 2. The van der Waals surface area contributed by atoms with Crippen molar-refractivity contribution in [3.05, 3.63) is 96.7 Å². The average Bonchev–Trinajstić information content (AvgIpc) is 3.50. The van der Waals surface area contributed by atoms with Gasteiger partial charge in [-0.2, -0.15) is 4.98 Å². The number of benzene rings is 2. The second-order valence-electron chi connectivity index (χ2n) is 7.77. The van der Waals surface area contributed by atoms with Gasteiger partial charge >= 0.3 is 5.97 Å². The lowest BCUT2D eigenvalue weighted by Gasteiger charge is -2.08. The molecule has 0 fully saturated rings. The fourth-order valence-electron chi connectivity index (χ4n) is 4.21. The number of hydrogen-bond acceptors (Lipinski definition) is 6. The fraction of sp³-hybridized carbons (Fsp3) is 0.0385. The molecule has 4 aromatic heterocycles. The average molecular weight is 447 g/mol. The molecule has 6 rings (SSSR count). The van der Waals surface area contributed by atoms with E-state index in [1.54, 1.807) is 29.1 Å². The van der Waals surface area contributed by atoms with Gasteiger partial charge in [-0.05, 0) is 36.4 Å². The minimum absolute atomic E-state index is 0.119. The van der Waals surface area contributed by atoms with Crippen molar-refractivity contribution in [1.82, 2.24) is 24.7 Å². The lowest BCUT2D eigenvalue weighted by molar-refractivity contribution is 0.0686. The third-order valence-corrected chi connectivity index (χ3v) is 5.74. The summed E-state index contributed by atoms with van der Waals surface area (Å²) in [5.41, 5.74) is 4.06. The summed E-state index contributed by atoms with van der Waals surface area (Å²) in [7, 11) is 0. The van der Waals surface area contributed by atoms with Gasteiger partial charge in [0.2, 0.25) is 0 Å². The Bertz CT molecular complexity index is 1670. The van der Waals surface area contributed by atoms with Gasteiger partial charge in [0.25, 0.3) is 5.89 Å². The Morgan fingerprint density at radius 3 is 2.56 bits per heavy atom. The van der Waals surface area contributed by atoms with Gasteiger partial charge < -0.3 is 14.2 Å². The molecule has 0 aliphatic heterocycles. The third kappa shape index (κ3) is 3.29. The number of carbonyl (C=O) groups is 1. The fourth-order valence-corrected chi connectivity index (χ4v) is 4.21. The number of rotatable bonds is 5. The Morgan fingerprint density at radius 1 is 0.912 bits per heavy atom. The van der Waals surface area contributed by atoms with Gasteiger partial charge in [0.05, 0.1) is 23.3 Å². The van der Waals surface area contributed by atoms with Crippen molar-refractivity contribution in [1.29, 1.82) is 0 Å². The summed E-state index contributed by atoms with van der Waals surface area (Å²) < 4.78 is 7.08. The number of para-hydroxylation sites is 1. The predicted octanol–water partition coefficient (Wildman–Crippen LogP) is 5.05. The van der Waals surface area contributed by atoms with Crippen molar-refractivity contribution in [3.63, 3.8) is 0 Å². The lowest BCUT2D eigenvalue weighted by Crippen LogP contribution is -2.10. The third-order valence-electron chi connectivity index (χ3n) is 5.74. The predicted molar refractivity (Wildman–Crippen MR) is 126 cm³/mol. The summed E-state index contributed by atoms with van der Waals surface area (Å²) in [6, 6.07) is 22.6. The van der Waals surface area contributed by atoms with Crippen LogP contribution in [0.3, 0.4) is 0 Å². The van der Waals surface area contributed by atoms with Gasteiger partial charge in [-0.15, -0.1) is 0 Å².